The number of nitrogens with zero attached hydrogens (tertiary/aromatic N) is 1. The van der Waals surface area contributed by atoms with Crippen LogP contribution in [0.2, 0.25) is 0 Å². The van der Waals surface area contributed by atoms with Crippen LogP contribution < -0.4 is 5.32 Å². The van der Waals surface area contributed by atoms with Crippen molar-refractivity contribution in [1.29, 1.82) is 0 Å². The Kier molecular flexibility index (Phi) is 2.71. The van der Waals surface area contributed by atoms with Crippen LogP contribution in [0.25, 0.3) is 0 Å². The molecule has 10 heavy (non-hydrogen) atoms. The van der Waals surface area contributed by atoms with Gasteiger partial charge in [0.1, 0.15) is 4.84 Å². The zero-order valence-corrected chi connectivity index (χ0v) is 7.52. The van der Waals surface area contributed by atoms with Crippen LogP contribution in [-0.2, 0) is 0 Å². The standard InChI is InChI=1S/C6H4Cl2NSi/c7-5(8)4-2-1-3-9-6(4)10/h1-3,5H. The molecule has 0 unspecified atom stereocenters. The lowest BCUT2D eigenvalue weighted by atomic mass is 10.3. The minimum Gasteiger partial charge on any atom is -0.267 e. The molecule has 1 aromatic rings. The van der Waals surface area contributed by atoms with Gasteiger partial charge in [-0.1, -0.05) is 6.07 Å². The molecule has 0 aliphatic carbocycles. The maximum absolute atomic E-state index is 5.60. The van der Waals surface area contributed by atoms with Gasteiger partial charge in [-0.2, -0.15) is 0 Å². The van der Waals surface area contributed by atoms with Gasteiger partial charge in [0.25, 0.3) is 0 Å². The lowest BCUT2D eigenvalue weighted by Crippen LogP contribution is -2.13. The molecular weight excluding hydrogens is 185 g/mol. The molecule has 3 radical (unpaired) electrons. The number of hydrogen-bond donors (Lipinski definition) is 0. The minimum atomic E-state index is -0.513. The topological polar surface area (TPSA) is 12.9 Å². The molecule has 0 saturated heterocycles. The first-order valence-corrected chi connectivity index (χ1v) is 4.04. The molecule has 1 aromatic heterocycles. The first-order valence-electron chi connectivity index (χ1n) is 2.66. The summed E-state index contributed by atoms with van der Waals surface area (Å²) in [6.45, 7) is 0. The average Bonchev–Trinajstić information content (AvgIpc) is 1.88. The van der Waals surface area contributed by atoms with E-state index in [0.29, 0.717) is 5.32 Å². The third-order valence-corrected chi connectivity index (χ3v) is 1.96. The third kappa shape index (κ3) is 1.72. The molecule has 0 fully saturated rings. The van der Waals surface area contributed by atoms with Gasteiger partial charge >= 0.3 is 0 Å². The predicted molar refractivity (Wildman–Crippen MR) is 44.1 cm³/mol. The second kappa shape index (κ2) is 3.37. The van der Waals surface area contributed by atoms with Crippen LogP contribution >= 0.6 is 23.2 Å². The van der Waals surface area contributed by atoms with Crippen LogP contribution in [-0.4, -0.2) is 15.2 Å². The van der Waals surface area contributed by atoms with Gasteiger partial charge in [0.05, 0.1) is 10.2 Å². The molecule has 51 valence electrons. The van der Waals surface area contributed by atoms with Crippen molar-refractivity contribution in [2.75, 3.05) is 0 Å². The lowest BCUT2D eigenvalue weighted by molar-refractivity contribution is 1.28. The Balaban J connectivity index is 3.03. The first kappa shape index (κ1) is 8.05. The fourth-order valence-electron chi connectivity index (χ4n) is 0.594. The van der Waals surface area contributed by atoms with Crippen molar-refractivity contribution < 1.29 is 0 Å². The van der Waals surface area contributed by atoms with E-state index in [-0.39, 0.29) is 0 Å². The number of halogens is 2. The van der Waals surface area contributed by atoms with Gasteiger partial charge in [-0.3, -0.25) is 4.98 Å². The molecule has 0 aromatic carbocycles. The summed E-state index contributed by atoms with van der Waals surface area (Å²) in [5.41, 5.74) is 0.794. The van der Waals surface area contributed by atoms with E-state index in [0.717, 1.165) is 5.56 Å². The molecule has 0 aliphatic heterocycles. The Morgan fingerprint density at radius 2 is 2.20 bits per heavy atom. The molecule has 0 N–H and O–H groups in total. The summed E-state index contributed by atoms with van der Waals surface area (Å²) in [4.78, 5) is 3.43. The van der Waals surface area contributed by atoms with Gasteiger partial charge in [-0.05, 0) is 6.07 Å². The van der Waals surface area contributed by atoms with Crippen molar-refractivity contribution >= 4 is 38.8 Å². The fraction of sp³-hybridized carbons (Fsp3) is 0.167. The molecular formula is C6H4Cl2NSi. The largest absolute Gasteiger partial charge is 0.267 e. The minimum absolute atomic E-state index is 0.513. The molecule has 1 nitrogen and oxygen atoms in total. The summed E-state index contributed by atoms with van der Waals surface area (Å²) in [7, 11) is 3.27. The van der Waals surface area contributed by atoms with E-state index in [1.54, 1.807) is 12.3 Å². The van der Waals surface area contributed by atoms with Gasteiger partial charge in [0.15, 0.2) is 0 Å². The molecule has 4 heteroatoms. The second-order valence-corrected chi connectivity index (χ2v) is 3.31. The van der Waals surface area contributed by atoms with Gasteiger partial charge in [-0.15, -0.1) is 23.2 Å². The predicted octanol–water partition coefficient (Wildman–Crippen LogP) is 1.35. The van der Waals surface area contributed by atoms with Crippen molar-refractivity contribution in [2.24, 2.45) is 0 Å². The molecule has 0 amide bonds. The van der Waals surface area contributed by atoms with E-state index >= 15 is 0 Å². The molecule has 0 atom stereocenters. The quantitative estimate of drug-likeness (QED) is 0.480. The zero-order chi connectivity index (χ0) is 7.56. The van der Waals surface area contributed by atoms with Crippen LogP contribution in [0.5, 0.6) is 0 Å². The van der Waals surface area contributed by atoms with Crippen molar-refractivity contribution in [3.63, 3.8) is 0 Å². The van der Waals surface area contributed by atoms with Crippen LogP contribution in [0.15, 0.2) is 18.3 Å². The van der Waals surface area contributed by atoms with Crippen molar-refractivity contribution in [3.8, 4) is 0 Å². The highest BCUT2D eigenvalue weighted by molar-refractivity contribution is 6.46. The van der Waals surface area contributed by atoms with E-state index in [2.05, 4.69) is 15.2 Å². The SMILES string of the molecule is [Si]c1ncccc1C(Cl)Cl. The highest BCUT2D eigenvalue weighted by atomic mass is 35.5. The van der Waals surface area contributed by atoms with E-state index < -0.39 is 4.84 Å². The van der Waals surface area contributed by atoms with Crippen LogP contribution in [0, 0.1) is 0 Å². The van der Waals surface area contributed by atoms with E-state index in [4.69, 9.17) is 23.2 Å². The summed E-state index contributed by atoms with van der Waals surface area (Å²) in [5.74, 6) is 0. The molecule has 1 rings (SSSR count). The fourth-order valence-corrected chi connectivity index (χ4v) is 1.43. The number of aromatic nitrogens is 1. The molecule has 0 saturated carbocycles. The van der Waals surface area contributed by atoms with Crippen molar-refractivity contribution in [1.82, 2.24) is 4.98 Å². The summed E-state index contributed by atoms with van der Waals surface area (Å²) in [6.07, 6.45) is 1.67. The molecule has 0 spiro atoms. The normalized spacial score (nSPS) is 10.4. The number of hydrogen-bond acceptors (Lipinski definition) is 1. The highest BCUT2D eigenvalue weighted by Gasteiger charge is 2.05. The van der Waals surface area contributed by atoms with Crippen LogP contribution in [0.4, 0.5) is 0 Å². The average molecular weight is 189 g/mol. The number of pyridine rings is 1. The Bertz CT molecular complexity index is 227. The summed E-state index contributed by atoms with van der Waals surface area (Å²) in [5, 5.41) is 0.692. The van der Waals surface area contributed by atoms with Gasteiger partial charge in [0.2, 0.25) is 0 Å². The Morgan fingerprint density at radius 1 is 1.50 bits per heavy atom. The van der Waals surface area contributed by atoms with Gasteiger partial charge in [-0.25, -0.2) is 0 Å². The Hall–Kier alpha value is -0.0531. The number of alkyl halides is 2. The summed E-state index contributed by atoms with van der Waals surface area (Å²) < 4.78 is 0. The molecule has 1 heterocycles. The first-order chi connectivity index (χ1) is 4.72. The molecule has 0 bridgehead atoms. The Morgan fingerprint density at radius 3 is 2.60 bits per heavy atom. The maximum Gasteiger partial charge on any atom is 0.134 e. The second-order valence-electron chi connectivity index (χ2n) is 1.74. The van der Waals surface area contributed by atoms with E-state index in [1.165, 1.54) is 0 Å². The summed E-state index contributed by atoms with van der Waals surface area (Å²) >= 11 is 11.2. The highest BCUT2D eigenvalue weighted by Crippen LogP contribution is 2.21. The molecule has 0 aliphatic rings. The zero-order valence-electron chi connectivity index (χ0n) is 5.01. The Labute approximate surface area is 72.8 Å². The van der Waals surface area contributed by atoms with Gasteiger partial charge < -0.3 is 0 Å². The third-order valence-electron chi connectivity index (χ3n) is 1.07. The summed E-state index contributed by atoms with van der Waals surface area (Å²) in [6, 6.07) is 3.61. The van der Waals surface area contributed by atoms with Crippen molar-refractivity contribution in [2.45, 2.75) is 4.84 Å². The van der Waals surface area contributed by atoms with E-state index in [1.807, 2.05) is 6.07 Å². The van der Waals surface area contributed by atoms with Crippen LogP contribution in [0.1, 0.15) is 10.4 Å². The number of rotatable bonds is 1. The maximum atomic E-state index is 5.60. The van der Waals surface area contributed by atoms with Crippen LogP contribution in [0.3, 0.4) is 0 Å². The lowest BCUT2D eigenvalue weighted by Gasteiger charge is -2.02. The smallest absolute Gasteiger partial charge is 0.134 e. The monoisotopic (exact) mass is 188 g/mol. The van der Waals surface area contributed by atoms with Gasteiger partial charge in [0, 0.05) is 17.1 Å². The van der Waals surface area contributed by atoms with E-state index in [9.17, 15) is 0 Å². The van der Waals surface area contributed by atoms with Crippen molar-refractivity contribution in [3.05, 3.63) is 23.9 Å².